The molecule has 4 bridgehead atoms. The van der Waals surface area contributed by atoms with E-state index in [-0.39, 0.29) is 52.3 Å². The summed E-state index contributed by atoms with van der Waals surface area (Å²) >= 11 is 0. The first-order valence-corrected chi connectivity index (χ1v) is 18.6. The summed E-state index contributed by atoms with van der Waals surface area (Å²) in [7, 11) is -4.17. The van der Waals surface area contributed by atoms with Crippen LogP contribution in [0.5, 0.6) is 5.88 Å². The van der Waals surface area contributed by atoms with E-state index in [9.17, 15) is 13.2 Å². The molecule has 50 heavy (non-hydrogen) atoms. The molecule has 3 aliphatic rings. The molecule has 2 aromatic heterocycles. The molecular weight excluding hydrogens is 653 g/mol. The zero-order chi connectivity index (χ0) is 35.3. The van der Waals surface area contributed by atoms with Gasteiger partial charge < -0.3 is 19.3 Å². The van der Waals surface area contributed by atoms with Crippen molar-refractivity contribution < 1.29 is 22.7 Å². The number of benzene rings is 2. The Morgan fingerprint density at radius 2 is 1.72 bits per heavy atom. The summed E-state index contributed by atoms with van der Waals surface area (Å²) in [4.78, 5) is 32.8. The number of sulfonamides is 1. The molecule has 3 aliphatic heterocycles. The molecule has 4 aromatic rings. The number of aromatic nitrogens is 3. The lowest BCUT2D eigenvalue weighted by Gasteiger charge is -2.50. The molecule has 1 amide bonds. The SMILES string of the molecule is Cc1cccc(C)c1-c1cc2nc(n1)NS(=O)(=O)c1cccc(c1)C(=O)N(Cc1cccc(N3CCC34CCOC4)n1)[C@H](CC(C)(C)C)CO2. The van der Waals surface area contributed by atoms with Crippen molar-refractivity contribution in [3.8, 4) is 17.1 Å². The Morgan fingerprint density at radius 1 is 0.960 bits per heavy atom. The minimum Gasteiger partial charge on any atom is -0.475 e. The minimum atomic E-state index is -4.17. The molecule has 0 aliphatic carbocycles. The summed E-state index contributed by atoms with van der Waals surface area (Å²) in [6, 6.07) is 19.3. The van der Waals surface area contributed by atoms with Crippen LogP contribution in [0.25, 0.3) is 11.3 Å². The molecule has 11 nitrogen and oxygen atoms in total. The van der Waals surface area contributed by atoms with Crippen molar-refractivity contribution in [2.75, 3.05) is 36.0 Å². The smallest absolute Gasteiger partial charge is 0.264 e. The minimum absolute atomic E-state index is 0.0119. The molecule has 2 fully saturated rings. The average molecular weight is 697 g/mol. The van der Waals surface area contributed by atoms with Crippen molar-refractivity contribution >= 4 is 27.7 Å². The first-order valence-electron chi connectivity index (χ1n) is 17.1. The van der Waals surface area contributed by atoms with Crippen molar-refractivity contribution in [1.82, 2.24) is 19.9 Å². The highest BCUT2D eigenvalue weighted by Gasteiger charge is 2.48. The summed E-state index contributed by atoms with van der Waals surface area (Å²) in [5.74, 6) is 0.644. The zero-order valence-electron chi connectivity index (χ0n) is 29.3. The predicted octanol–water partition coefficient (Wildman–Crippen LogP) is 6.17. The highest BCUT2D eigenvalue weighted by Crippen LogP contribution is 2.41. The lowest BCUT2D eigenvalue weighted by molar-refractivity contribution is 0.0509. The van der Waals surface area contributed by atoms with Gasteiger partial charge in [-0.1, -0.05) is 51.1 Å². The third kappa shape index (κ3) is 6.78. The number of carbonyl (C=O) groups excluding carboxylic acids is 1. The molecule has 12 heteroatoms. The van der Waals surface area contributed by atoms with E-state index in [1.54, 1.807) is 23.1 Å². The number of aryl methyl sites for hydroxylation is 2. The average Bonchev–Trinajstić information content (AvgIpc) is 3.57. The summed E-state index contributed by atoms with van der Waals surface area (Å²) in [6.07, 6.45) is 2.64. The van der Waals surface area contributed by atoms with Crippen LogP contribution in [0.2, 0.25) is 0 Å². The number of hydrogen-bond acceptors (Lipinski definition) is 9. The molecule has 2 saturated heterocycles. The number of fused-ring (bicyclic) bond motifs is 4. The van der Waals surface area contributed by atoms with Gasteiger partial charge in [-0.05, 0) is 80.0 Å². The maximum Gasteiger partial charge on any atom is 0.264 e. The zero-order valence-corrected chi connectivity index (χ0v) is 30.1. The molecule has 1 N–H and O–H groups in total. The first kappa shape index (κ1) is 33.9. The molecule has 1 unspecified atom stereocenters. The van der Waals surface area contributed by atoms with Gasteiger partial charge in [0.15, 0.2) is 0 Å². The number of ether oxygens (including phenoxy) is 2. The van der Waals surface area contributed by atoms with Gasteiger partial charge in [-0.3, -0.25) is 4.79 Å². The number of nitrogens with one attached hydrogen (secondary N) is 1. The number of pyridine rings is 1. The summed E-state index contributed by atoms with van der Waals surface area (Å²) in [5, 5.41) is 0. The van der Waals surface area contributed by atoms with Crippen LogP contribution in [0.15, 0.2) is 71.6 Å². The number of anilines is 2. The van der Waals surface area contributed by atoms with Gasteiger partial charge in [-0.15, -0.1) is 0 Å². The standard InChI is InChI=1S/C38H44N6O5S/c1-25-9-6-10-26(2)34(25)31-20-33-41-36(40-31)42-50(46,47)30-13-7-11-27(19-30)35(45)43(29(23-49-33)21-37(3,4)5)22-28-12-8-14-32(39-28)44-17-15-38(44)16-18-48-24-38/h6-14,19-20,29H,15-18,21-24H2,1-5H3,(H,40,41,42)/t29-,38?/m1/s1. The van der Waals surface area contributed by atoms with Gasteiger partial charge in [-0.25, -0.2) is 23.1 Å². The maximum atomic E-state index is 14.6. The fourth-order valence-electron chi connectivity index (χ4n) is 7.33. The van der Waals surface area contributed by atoms with Crippen LogP contribution >= 0.6 is 0 Å². The highest BCUT2D eigenvalue weighted by molar-refractivity contribution is 7.92. The van der Waals surface area contributed by atoms with Crippen LogP contribution in [0.3, 0.4) is 0 Å². The number of carbonyl (C=O) groups is 1. The van der Waals surface area contributed by atoms with Crippen molar-refractivity contribution in [2.24, 2.45) is 5.41 Å². The number of nitrogens with zero attached hydrogens (tertiary/aromatic N) is 5. The van der Waals surface area contributed by atoms with E-state index in [2.05, 4.69) is 40.4 Å². The Balaban J connectivity index is 1.32. The quantitative estimate of drug-likeness (QED) is 0.261. The molecule has 262 valence electrons. The van der Waals surface area contributed by atoms with Crippen LogP contribution in [0.1, 0.15) is 67.2 Å². The second-order valence-electron chi connectivity index (χ2n) is 14.9. The van der Waals surface area contributed by atoms with E-state index >= 15 is 0 Å². The van der Waals surface area contributed by atoms with Crippen molar-refractivity contribution in [3.63, 3.8) is 0 Å². The lowest BCUT2D eigenvalue weighted by Crippen LogP contribution is -2.61. The van der Waals surface area contributed by atoms with Gasteiger partial charge in [0, 0.05) is 30.3 Å². The van der Waals surface area contributed by atoms with Crippen LogP contribution in [-0.4, -0.2) is 72.1 Å². The molecule has 5 heterocycles. The third-order valence-electron chi connectivity index (χ3n) is 9.89. The van der Waals surface area contributed by atoms with E-state index in [0.29, 0.717) is 18.7 Å². The molecule has 0 radical (unpaired) electrons. The summed E-state index contributed by atoms with van der Waals surface area (Å²) in [6.45, 7) is 13.0. The largest absolute Gasteiger partial charge is 0.475 e. The van der Waals surface area contributed by atoms with E-state index in [0.717, 1.165) is 54.2 Å². The van der Waals surface area contributed by atoms with E-state index in [4.69, 9.17) is 14.5 Å². The molecule has 2 aromatic carbocycles. The van der Waals surface area contributed by atoms with Crippen LogP contribution < -0.4 is 14.4 Å². The fraction of sp³-hybridized carbons (Fsp3) is 0.421. The van der Waals surface area contributed by atoms with Crippen molar-refractivity contribution in [1.29, 1.82) is 0 Å². The molecule has 0 saturated carbocycles. The Labute approximate surface area is 294 Å². The third-order valence-corrected chi connectivity index (χ3v) is 11.2. The Morgan fingerprint density at radius 3 is 2.42 bits per heavy atom. The van der Waals surface area contributed by atoms with E-state index in [1.807, 2.05) is 50.2 Å². The highest BCUT2D eigenvalue weighted by atomic mass is 32.2. The van der Waals surface area contributed by atoms with E-state index < -0.39 is 16.1 Å². The number of amides is 1. The topological polar surface area (TPSA) is 127 Å². The molecular formula is C38H44N6O5S. The van der Waals surface area contributed by atoms with Gasteiger partial charge in [-0.2, -0.15) is 4.98 Å². The van der Waals surface area contributed by atoms with Crippen LogP contribution in [-0.2, 0) is 21.3 Å². The monoisotopic (exact) mass is 696 g/mol. The Bertz CT molecular complexity index is 2020. The Kier molecular flexibility index (Phi) is 8.80. The van der Waals surface area contributed by atoms with Gasteiger partial charge in [0.05, 0.1) is 41.0 Å². The van der Waals surface area contributed by atoms with Gasteiger partial charge in [0.2, 0.25) is 11.8 Å². The van der Waals surface area contributed by atoms with Gasteiger partial charge >= 0.3 is 0 Å². The second-order valence-corrected chi connectivity index (χ2v) is 16.6. The number of rotatable bonds is 5. The maximum absolute atomic E-state index is 14.6. The summed E-state index contributed by atoms with van der Waals surface area (Å²) < 4.78 is 42.2. The van der Waals surface area contributed by atoms with Crippen LogP contribution in [0, 0.1) is 19.3 Å². The first-order chi connectivity index (χ1) is 23.8. The second kappa shape index (κ2) is 13.0. The molecule has 7 rings (SSSR count). The predicted molar refractivity (Wildman–Crippen MR) is 192 cm³/mol. The molecule has 2 atom stereocenters. The fourth-order valence-corrected chi connectivity index (χ4v) is 8.32. The molecule has 1 spiro atoms. The van der Waals surface area contributed by atoms with Crippen molar-refractivity contribution in [2.45, 2.75) is 76.9 Å². The normalized spacial score (nSPS) is 21.8. The van der Waals surface area contributed by atoms with Gasteiger partial charge in [0.25, 0.3) is 15.9 Å². The van der Waals surface area contributed by atoms with Gasteiger partial charge in [0.1, 0.15) is 12.4 Å². The lowest BCUT2D eigenvalue weighted by atomic mass is 9.84. The summed E-state index contributed by atoms with van der Waals surface area (Å²) in [5.41, 5.74) is 4.14. The van der Waals surface area contributed by atoms with E-state index in [1.165, 1.54) is 12.1 Å². The van der Waals surface area contributed by atoms with Crippen molar-refractivity contribution in [3.05, 3.63) is 89.1 Å². The van der Waals surface area contributed by atoms with Crippen LogP contribution in [0.4, 0.5) is 11.8 Å². The number of hydrogen-bond donors (Lipinski definition) is 1. The Hall–Kier alpha value is -4.55.